The van der Waals surface area contributed by atoms with Gasteiger partial charge >= 0.3 is 5.97 Å². The molecule has 0 unspecified atom stereocenters. The van der Waals surface area contributed by atoms with Crippen LogP contribution in [0.5, 0.6) is 0 Å². The Bertz CT molecular complexity index is 194. The van der Waals surface area contributed by atoms with Crippen LogP contribution in [0, 0.1) is 10.8 Å². The van der Waals surface area contributed by atoms with Crippen molar-refractivity contribution >= 4 is 5.97 Å². The van der Waals surface area contributed by atoms with Crippen LogP contribution in [0.1, 0.15) is 60.3 Å². The first-order valence-electron chi connectivity index (χ1n) is 5.67. The van der Waals surface area contributed by atoms with Crippen LogP contribution in [0.15, 0.2) is 0 Å². The van der Waals surface area contributed by atoms with Crippen molar-refractivity contribution in [3.05, 3.63) is 0 Å². The second kappa shape index (κ2) is 6.11. The first-order chi connectivity index (χ1) is 6.44. The van der Waals surface area contributed by atoms with Crippen LogP contribution in [0.4, 0.5) is 0 Å². The second-order valence-electron chi connectivity index (χ2n) is 4.36. The standard InChI is InChI=1S/C12H24O2.H3N/c1-6-11(5,7-2)12(8-3,9-4)10(13)14;/h6-9H2,1-5H3,(H,13,14);1H3. The molecule has 0 rings (SSSR count). The maximum Gasteiger partial charge on any atom is 0.310 e. The molecule has 0 saturated carbocycles. The van der Waals surface area contributed by atoms with Gasteiger partial charge in [-0.05, 0) is 31.1 Å². The normalized spacial score (nSPS) is 12.1. The largest absolute Gasteiger partial charge is 0.481 e. The minimum atomic E-state index is -0.631. The summed E-state index contributed by atoms with van der Waals surface area (Å²) in [5.74, 6) is -0.631. The highest BCUT2D eigenvalue weighted by atomic mass is 16.4. The minimum Gasteiger partial charge on any atom is -0.481 e. The van der Waals surface area contributed by atoms with Gasteiger partial charge in [0.2, 0.25) is 0 Å². The number of carboxylic acids is 1. The quantitative estimate of drug-likeness (QED) is 0.709. The van der Waals surface area contributed by atoms with E-state index in [1.165, 1.54) is 0 Å². The SMILES string of the molecule is CCC(C)(CC)C(CC)(CC)C(=O)O.N. The lowest BCUT2D eigenvalue weighted by Gasteiger charge is -2.44. The summed E-state index contributed by atoms with van der Waals surface area (Å²) >= 11 is 0. The van der Waals surface area contributed by atoms with Crippen molar-refractivity contribution in [1.29, 1.82) is 0 Å². The van der Waals surface area contributed by atoms with Gasteiger partial charge in [-0.3, -0.25) is 4.79 Å². The molecule has 0 fully saturated rings. The summed E-state index contributed by atoms with van der Waals surface area (Å²) in [5, 5.41) is 9.42. The monoisotopic (exact) mass is 217 g/mol. The minimum absolute atomic E-state index is 0. The molecule has 4 N–H and O–H groups in total. The number of aliphatic carboxylic acids is 1. The molecule has 0 aliphatic carbocycles. The molecule has 0 aromatic heterocycles. The summed E-state index contributed by atoms with van der Waals surface area (Å²) in [6, 6.07) is 0. The van der Waals surface area contributed by atoms with Crippen LogP contribution >= 0.6 is 0 Å². The van der Waals surface area contributed by atoms with Gasteiger partial charge in [0.1, 0.15) is 0 Å². The molecule has 0 spiro atoms. The first-order valence-corrected chi connectivity index (χ1v) is 5.67. The lowest BCUT2D eigenvalue weighted by molar-refractivity contribution is -0.159. The van der Waals surface area contributed by atoms with Crippen molar-refractivity contribution in [2.45, 2.75) is 60.3 Å². The Morgan fingerprint density at radius 1 is 1.00 bits per heavy atom. The zero-order chi connectivity index (χ0) is 11.4. The molecule has 0 atom stereocenters. The molecular weight excluding hydrogens is 190 g/mol. The second-order valence-corrected chi connectivity index (χ2v) is 4.36. The Kier molecular flexibility index (Phi) is 6.86. The molecule has 0 aromatic carbocycles. The average molecular weight is 217 g/mol. The Labute approximate surface area is 93.8 Å². The van der Waals surface area contributed by atoms with E-state index in [0.29, 0.717) is 0 Å². The van der Waals surface area contributed by atoms with E-state index in [9.17, 15) is 9.90 Å². The maximum absolute atomic E-state index is 11.4. The van der Waals surface area contributed by atoms with Crippen LogP contribution in [0.25, 0.3) is 0 Å². The molecule has 0 aliphatic heterocycles. The smallest absolute Gasteiger partial charge is 0.310 e. The zero-order valence-corrected chi connectivity index (χ0v) is 10.9. The van der Waals surface area contributed by atoms with Gasteiger partial charge in [-0.15, -0.1) is 0 Å². The predicted octanol–water partition coefficient (Wildman–Crippen LogP) is 3.87. The molecule has 3 nitrogen and oxygen atoms in total. The van der Waals surface area contributed by atoms with Crippen molar-refractivity contribution in [2.75, 3.05) is 0 Å². The molecule has 0 aromatic rings. The zero-order valence-electron chi connectivity index (χ0n) is 10.9. The molecule has 0 bridgehead atoms. The summed E-state index contributed by atoms with van der Waals surface area (Å²) < 4.78 is 0. The molecule has 15 heavy (non-hydrogen) atoms. The fraction of sp³-hybridized carbons (Fsp3) is 0.917. The summed E-state index contributed by atoms with van der Waals surface area (Å²) in [5.41, 5.74) is -0.626. The van der Waals surface area contributed by atoms with E-state index >= 15 is 0 Å². The Hall–Kier alpha value is -0.570. The van der Waals surface area contributed by atoms with Gasteiger partial charge in [0.25, 0.3) is 0 Å². The summed E-state index contributed by atoms with van der Waals surface area (Å²) in [6.45, 7) is 10.3. The molecule has 3 heteroatoms. The lowest BCUT2D eigenvalue weighted by atomic mass is 9.59. The Balaban J connectivity index is 0. The van der Waals surface area contributed by atoms with Gasteiger partial charge in [-0.1, -0.05) is 34.6 Å². The van der Waals surface area contributed by atoms with Gasteiger partial charge in [0.15, 0.2) is 0 Å². The van der Waals surface area contributed by atoms with Gasteiger partial charge in [0, 0.05) is 0 Å². The van der Waals surface area contributed by atoms with Gasteiger partial charge in [-0.2, -0.15) is 0 Å². The summed E-state index contributed by atoms with van der Waals surface area (Å²) in [6.07, 6.45) is 3.29. The number of carbonyl (C=O) groups is 1. The topological polar surface area (TPSA) is 72.3 Å². The third kappa shape index (κ3) is 2.51. The third-order valence-corrected chi connectivity index (χ3v) is 4.33. The van der Waals surface area contributed by atoms with Gasteiger partial charge in [-0.25, -0.2) is 0 Å². The highest BCUT2D eigenvalue weighted by molar-refractivity contribution is 5.75. The highest BCUT2D eigenvalue weighted by Crippen LogP contribution is 2.49. The van der Waals surface area contributed by atoms with E-state index in [2.05, 4.69) is 20.8 Å². The van der Waals surface area contributed by atoms with E-state index in [0.717, 1.165) is 25.7 Å². The summed E-state index contributed by atoms with van der Waals surface area (Å²) in [7, 11) is 0. The Morgan fingerprint density at radius 2 is 1.33 bits per heavy atom. The molecular formula is C12H27NO2. The van der Waals surface area contributed by atoms with E-state index in [1.807, 2.05) is 13.8 Å². The fourth-order valence-electron chi connectivity index (χ4n) is 2.59. The van der Waals surface area contributed by atoms with Crippen LogP contribution < -0.4 is 6.15 Å². The van der Waals surface area contributed by atoms with Crippen molar-refractivity contribution < 1.29 is 9.90 Å². The fourth-order valence-corrected chi connectivity index (χ4v) is 2.59. The highest BCUT2D eigenvalue weighted by Gasteiger charge is 2.49. The van der Waals surface area contributed by atoms with Crippen LogP contribution in [0.2, 0.25) is 0 Å². The lowest BCUT2D eigenvalue weighted by Crippen LogP contribution is -2.45. The van der Waals surface area contributed by atoms with Gasteiger partial charge < -0.3 is 11.3 Å². The van der Waals surface area contributed by atoms with Crippen molar-refractivity contribution in [3.8, 4) is 0 Å². The van der Waals surface area contributed by atoms with Crippen LogP contribution in [0.3, 0.4) is 0 Å². The number of hydrogen-bond donors (Lipinski definition) is 2. The molecule has 0 amide bonds. The van der Waals surface area contributed by atoms with Crippen LogP contribution in [-0.2, 0) is 4.79 Å². The number of carboxylic acid groups (broad SMARTS) is 1. The maximum atomic E-state index is 11.4. The average Bonchev–Trinajstić information content (AvgIpc) is 2.19. The van der Waals surface area contributed by atoms with Crippen molar-refractivity contribution in [2.24, 2.45) is 10.8 Å². The molecule has 0 saturated heterocycles. The van der Waals surface area contributed by atoms with E-state index in [4.69, 9.17) is 0 Å². The third-order valence-electron chi connectivity index (χ3n) is 4.33. The molecule has 92 valence electrons. The van der Waals surface area contributed by atoms with Crippen molar-refractivity contribution in [3.63, 3.8) is 0 Å². The molecule has 0 radical (unpaired) electrons. The Morgan fingerprint density at radius 3 is 1.40 bits per heavy atom. The predicted molar refractivity (Wildman–Crippen MR) is 64.4 cm³/mol. The van der Waals surface area contributed by atoms with E-state index in [-0.39, 0.29) is 11.6 Å². The van der Waals surface area contributed by atoms with Crippen LogP contribution in [-0.4, -0.2) is 11.1 Å². The van der Waals surface area contributed by atoms with Crippen molar-refractivity contribution in [1.82, 2.24) is 6.15 Å². The summed E-state index contributed by atoms with van der Waals surface area (Å²) in [4.78, 5) is 11.4. The van der Waals surface area contributed by atoms with E-state index in [1.54, 1.807) is 0 Å². The van der Waals surface area contributed by atoms with E-state index < -0.39 is 11.4 Å². The number of rotatable bonds is 6. The molecule has 0 heterocycles. The number of hydrogen-bond acceptors (Lipinski definition) is 2. The molecule has 0 aliphatic rings. The van der Waals surface area contributed by atoms with Gasteiger partial charge in [0.05, 0.1) is 5.41 Å². The first kappa shape index (κ1) is 16.8.